The molecule has 9 aliphatic heterocycles. The normalized spacial score (nSPS) is 55.7. The molecule has 9 saturated heterocycles. The molecule has 0 radical (unpaired) electrons. The Morgan fingerprint density at radius 1 is 0.227 bits per heavy atom. The fourth-order valence-corrected chi connectivity index (χ4v) is 110. The zero-order valence-corrected chi connectivity index (χ0v) is 65.4. The number of fused-ring (bicyclic) bond motifs is 16. The van der Waals surface area contributed by atoms with Crippen molar-refractivity contribution in [2.45, 2.75) is 153 Å². The molecule has 75 heavy (non-hydrogen) atoms. The maximum absolute atomic E-state index is 6.99. The summed E-state index contributed by atoms with van der Waals surface area (Å²) in [5.41, 5.74) is 0. The van der Waals surface area contributed by atoms with E-state index in [1.54, 1.807) is 98.2 Å². The highest BCUT2D eigenvalue weighted by molar-refractivity contribution is 7.01. The minimum absolute atomic E-state index is 0. The van der Waals surface area contributed by atoms with Gasteiger partial charge in [-0.3, -0.25) is 0 Å². The summed E-state index contributed by atoms with van der Waals surface area (Å²) in [6.45, 7) is 36.8. The Hall–Kier alpha value is 3.14. The first-order chi connectivity index (χ1) is 32.9. The van der Waals surface area contributed by atoms with Gasteiger partial charge in [0, 0.05) is 111 Å². The molecule has 16 bridgehead atoms. The van der Waals surface area contributed by atoms with E-state index in [1.807, 2.05) is 40.0 Å². The average Bonchev–Trinajstić information content (AvgIpc) is 3.02. The second-order valence-corrected chi connectivity index (χ2v) is 78.2. The summed E-state index contributed by atoms with van der Waals surface area (Å²) in [5.74, 6) is 0. The van der Waals surface area contributed by atoms with Crippen LogP contribution >= 0.6 is 0 Å². The van der Waals surface area contributed by atoms with Gasteiger partial charge in [-0.1, -0.05) is 14.9 Å². The van der Waals surface area contributed by atoms with E-state index in [4.69, 9.17) is 124 Å². The molecule has 0 aromatic heterocycles. The molecule has 9 rings (SSSR count). The van der Waals surface area contributed by atoms with E-state index in [-0.39, 0.29) is 28.1 Å². The molecule has 18 atom stereocenters. The first kappa shape index (κ1) is 65.7. The third-order valence-corrected chi connectivity index (χ3v) is 93.2. The first-order valence-electron chi connectivity index (χ1n) is 23.6. The van der Waals surface area contributed by atoms with Crippen LogP contribution in [0.4, 0.5) is 0 Å². The van der Waals surface area contributed by atoms with Gasteiger partial charge >= 0.3 is 178 Å². The Balaban J connectivity index is 0.00000410. The zero-order valence-electron chi connectivity index (χ0n) is 44.9. The number of hydrogen-bond donors (Lipinski definition) is 0. The second-order valence-electron chi connectivity index (χ2n) is 20.5. The summed E-state index contributed by atoms with van der Waals surface area (Å²) in [6, 6.07) is 0. The number of hydrogen-bond acceptors (Lipinski definition) is 30. The van der Waals surface area contributed by atoms with Crippen LogP contribution < -0.4 is 0 Å². The molecule has 438 valence electrons. The largest absolute Gasteiger partial charge is 0.482 e. The molecule has 0 amide bonds. The van der Waals surface area contributed by atoms with E-state index in [2.05, 4.69) is 0 Å². The fourth-order valence-electron chi connectivity index (χ4n) is 10.3. The van der Waals surface area contributed by atoms with Crippen molar-refractivity contribution in [3.05, 3.63) is 0 Å². The minimum atomic E-state index is -4.21. The molecule has 0 aromatic rings. The van der Waals surface area contributed by atoms with Gasteiger partial charge in [0.1, 0.15) is 0 Å². The van der Waals surface area contributed by atoms with Crippen molar-refractivity contribution in [1.82, 2.24) is 0 Å². The van der Waals surface area contributed by atoms with Crippen molar-refractivity contribution in [3.63, 3.8) is 0 Å². The zero-order chi connectivity index (χ0) is 53.9. The quantitative estimate of drug-likeness (QED) is 0.366. The van der Waals surface area contributed by atoms with Crippen LogP contribution in [0.2, 0.25) is 124 Å². The Morgan fingerprint density at radius 2 is 0.400 bits per heavy atom. The van der Waals surface area contributed by atoms with Crippen LogP contribution in [0.15, 0.2) is 0 Å². The van der Waals surface area contributed by atoms with Crippen molar-refractivity contribution >= 4 is 178 Å². The summed E-state index contributed by atoms with van der Waals surface area (Å²) in [6.07, 6.45) is 0. The van der Waals surface area contributed by atoms with E-state index in [0.29, 0.717) is 0 Å². The second kappa shape index (κ2) is 20.9. The Morgan fingerprint density at radius 3 is 0.640 bits per heavy atom. The lowest BCUT2D eigenvalue weighted by atomic mass is 10.9. The molecule has 0 spiro atoms. The van der Waals surface area contributed by atoms with E-state index in [1.165, 1.54) is 0 Å². The van der Waals surface area contributed by atoms with Gasteiger partial charge in [0.05, 0.1) is 0 Å². The maximum Gasteiger partial charge on any atom is 0.482 e. The van der Waals surface area contributed by atoms with Gasteiger partial charge in [0.15, 0.2) is 0 Å². The molecular formula is C25H78O30Si20. The van der Waals surface area contributed by atoms with E-state index in [0.717, 1.165) is 0 Å². The molecule has 50 heteroatoms. The van der Waals surface area contributed by atoms with Crippen LogP contribution in [-0.2, 0) is 124 Å². The van der Waals surface area contributed by atoms with Crippen molar-refractivity contribution in [1.29, 1.82) is 0 Å². The third kappa shape index (κ3) is 15.0. The van der Waals surface area contributed by atoms with Gasteiger partial charge in [-0.2, -0.15) is 0 Å². The van der Waals surface area contributed by atoms with Crippen molar-refractivity contribution in [2.75, 3.05) is 13.2 Å². The predicted octanol–water partition coefficient (Wildman–Crippen LogP) is 3.00. The molecular weight excluding hydrogens is 1340 g/mol. The lowest BCUT2D eigenvalue weighted by Crippen LogP contribution is -2.81. The van der Waals surface area contributed by atoms with Crippen molar-refractivity contribution in [2.24, 2.45) is 0 Å². The molecule has 0 saturated carbocycles. The van der Waals surface area contributed by atoms with Crippen LogP contribution in [-0.4, -0.2) is 191 Å². The lowest BCUT2D eigenvalue weighted by Gasteiger charge is -2.56. The van der Waals surface area contributed by atoms with Gasteiger partial charge in [0.25, 0.3) is 0 Å². The monoisotopic (exact) mass is 1420 g/mol. The van der Waals surface area contributed by atoms with Crippen LogP contribution in [0, 0.1) is 0 Å². The van der Waals surface area contributed by atoms with E-state index >= 15 is 0 Å². The highest BCUT2D eigenvalue weighted by Gasteiger charge is 2.76. The molecule has 0 aromatic carbocycles. The van der Waals surface area contributed by atoms with Crippen LogP contribution in [0.3, 0.4) is 0 Å². The van der Waals surface area contributed by atoms with Crippen LogP contribution in [0.25, 0.3) is 0 Å². The SMILES string of the molecule is C.C.CCO[Si]1(C)O[Si](C)(OCC)O[Si]2(C)O[Si](C)(O[SiH]3O[Si]4(C)O[Si]5(C)O[SiH](O[Si](C)(O4)O[Si](C)(O3)O2)O[Si]2(C)O[Si](C)(O[SiH]3O[Si](C)(O2)O[Si]2(C)O[Si](C)(O3)O[Si]3(C)O[Si](C)(C)O[Si](C)(C)O[Si](C)(O3)O2)O5)O1. The summed E-state index contributed by atoms with van der Waals surface area (Å²) >= 11 is 0. The molecule has 9 heterocycles. The van der Waals surface area contributed by atoms with Crippen LogP contribution in [0.5, 0.6) is 0 Å². The van der Waals surface area contributed by atoms with Gasteiger partial charge in [-0.15, -0.1) is 0 Å². The molecule has 9 fully saturated rings. The summed E-state index contributed by atoms with van der Waals surface area (Å²) in [5, 5.41) is 0. The average molecular weight is 1420 g/mol. The van der Waals surface area contributed by atoms with Crippen LogP contribution in [0.1, 0.15) is 28.7 Å². The standard InChI is InChI=1S/C23H70O30Si20.2CH4/c1-22-24-59(7)38-60(8,25-23-2)40-72(20)48-61(9,39-59)26-54-27-62(10)41-63(11)28-55(29-65(13,43-62)45-67(15,32-54)49-72)30-66(14)44-64(12,42-63)31-56-33-68(16,46-66)50-73(21)51-69(17,34-56)47-70(18)36-57(3,4)35-58(5,6)37-71(19,52-70)53-73;;/h54-56H,22-23H2,1-21H3;2*1H4. The van der Waals surface area contributed by atoms with Gasteiger partial charge in [-0.25, -0.2) is 0 Å². The van der Waals surface area contributed by atoms with Gasteiger partial charge in [-0.05, 0) is 40.0 Å². The fraction of sp³-hybridized carbons (Fsp3) is 1.00. The van der Waals surface area contributed by atoms with Crippen molar-refractivity contribution < 1.29 is 124 Å². The Labute approximate surface area is 464 Å². The molecule has 18 unspecified atom stereocenters. The highest BCUT2D eigenvalue weighted by Crippen LogP contribution is 2.46. The topological polar surface area (TPSA) is 277 Å². The molecule has 30 nitrogen and oxygen atoms in total. The molecule has 0 N–H and O–H groups in total. The molecule has 0 aliphatic carbocycles. The Kier molecular flexibility index (Phi) is 18.3. The first-order valence-corrected chi connectivity index (χ1v) is 66.9. The van der Waals surface area contributed by atoms with E-state index in [9.17, 15) is 0 Å². The predicted molar refractivity (Wildman–Crippen MR) is 298 cm³/mol. The van der Waals surface area contributed by atoms with E-state index < -0.39 is 178 Å². The highest BCUT2D eigenvalue weighted by atomic mass is 28.6. The van der Waals surface area contributed by atoms with Gasteiger partial charge < -0.3 is 124 Å². The molecule has 9 aliphatic rings. The maximum atomic E-state index is 6.99. The Bertz CT molecular complexity index is 2160. The van der Waals surface area contributed by atoms with Gasteiger partial charge in [0.2, 0.25) is 0 Å². The summed E-state index contributed by atoms with van der Waals surface area (Å²) < 4.78 is 204. The summed E-state index contributed by atoms with van der Waals surface area (Å²) in [4.78, 5) is 0. The minimum Gasteiger partial charge on any atom is -0.416 e. The summed E-state index contributed by atoms with van der Waals surface area (Å²) in [7, 11) is -77.0. The number of rotatable bonds is 4. The third-order valence-electron chi connectivity index (χ3n) is 10.9. The smallest absolute Gasteiger partial charge is 0.416 e. The lowest BCUT2D eigenvalue weighted by molar-refractivity contribution is 0.0102. The van der Waals surface area contributed by atoms with Crippen molar-refractivity contribution in [3.8, 4) is 0 Å².